The number of anilines is 1. The first-order valence-corrected chi connectivity index (χ1v) is 5.08. The number of aromatic carboxylic acids is 1. The molecule has 1 saturated carbocycles. The lowest BCUT2D eigenvalue weighted by Crippen LogP contribution is -2.05. The zero-order valence-corrected chi connectivity index (χ0v) is 8.42. The van der Waals surface area contributed by atoms with E-state index in [1.165, 1.54) is 23.6 Å². The molecule has 0 amide bonds. The molecule has 1 aliphatic carbocycles. The number of nitrogens with one attached hydrogen (secondary N) is 1. The molecule has 0 saturated heterocycles. The van der Waals surface area contributed by atoms with Crippen LogP contribution in [0.4, 0.5) is 5.82 Å². The SMILES string of the molecule is O=C(O)c1cn2nc(NC3CC3)ccc2n1. The predicted molar refractivity (Wildman–Crippen MR) is 56.6 cm³/mol. The van der Waals surface area contributed by atoms with E-state index >= 15 is 0 Å². The second kappa shape index (κ2) is 3.19. The lowest BCUT2D eigenvalue weighted by Gasteiger charge is -2.02. The van der Waals surface area contributed by atoms with Crippen molar-refractivity contribution in [1.82, 2.24) is 14.6 Å². The average molecular weight is 218 g/mol. The first-order chi connectivity index (χ1) is 7.72. The molecule has 0 spiro atoms. The van der Waals surface area contributed by atoms with Gasteiger partial charge in [-0.25, -0.2) is 14.3 Å². The first kappa shape index (κ1) is 9.14. The fourth-order valence-corrected chi connectivity index (χ4v) is 1.50. The number of carboxylic acids is 1. The maximum Gasteiger partial charge on any atom is 0.356 e. The summed E-state index contributed by atoms with van der Waals surface area (Å²) in [6.07, 6.45) is 3.75. The third-order valence-corrected chi connectivity index (χ3v) is 2.47. The maximum absolute atomic E-state index is 10.7. The van der Waals surface area contributed by atoms with Crippen LogP contribution in [0, 0.1) is 0 Å². The number of imidazole rings is 1. The highest BCUT2D eigenvalue weighted by Crippen LogP contribution is 2.23. The van der Waals surface area contributed by atoms with Gasteiger partial charge in [-0.1, -0.05) is 0 Å². The van der Waals surface area contributed by atoms with Gasteiger partial charge in [-0.2, -0.15) is 0 Å². The molecule has 16 heavy (non-hydrogen) atoms. The second-order valence-corrected chi connectivity index (χ2v) is 3.87. The van der Waals surface area contributed by atoms with Crippen LogP contribution < -0.4 is 5.32 Å². The van der Waals surface area contributed by atoms with Crippen LogP contribution in [0.3, 0.4) is 0 Å². The van der Waals surface area contributed by atoms with Gasteiger partial charge in [-0.3, -0.25) is 0 Å². The van der Waals surface area contributed by atoms with Crippen molar-refractivity contribution in [1.29, 1.82) is 0 Å². The number of nitrogens with zero attached hydrogens (tertiary/aromatic N) is 3. The Morgan fingerprint density at radius 3 is 3.00 bits per heavy atom. The topological polar surface area (TPSA) is 79.5 Å². The fraction of sp³-hybridized carbons (Fsp3) is 0.300. The molecule has 0 radical (unpaired) electrons. The van der Waals surface area contributed by atoms with Crippen LogP contribution in [-0.4, -0.2) is 31.7 Å². The Morgan fingerprint density at radius 2 is 2.31 bits per heavy atom. The molecule has 0 atom stereocenters. The highest BCUT2D eigenvalue weighted by atomic mass is 16.4. The van der Waals surface area contributed by atoms with Crippen LogP contribution in [0.25, 0.3) is 5.65 Å². The van der Waals surface area contributed by atoms with Crippen LogP contribution in [0.5, 0.6) is 0 Å². The molecule has 82 valence electrons. The number of hydrogen-bond acceptors (Lipinski definition) is 4. The van der Waals surface area contributed by atoms with E-state index in [1.807, 2.05) is 6.07 Å². The van der Waals surface area contributed by atoms with Gasteiger partial charge >= 0.3 is 5.97 Å². The van der Waals surface area contributed by atoms with E-state index in [0.717, 1.165) is 5.82 Å². The quantitative estimate of drug-likeness (QED) is 0.803. The van der Waals surface area contributed by atoms with Crippen molar-refractivity contribution in [3.05, 3.63) is 24.0 Å². The average Bonchev–Trinajstić information content (AvgIpc) is 2.95. The monoisotopic (exact) mass is 218 g/mol. The zero-order valence-electron chi connectivity index (χ0n) is 8.42. The van der Waals surface area contributed by atoms with Gasteiger partial charge in [0.05, 0.1) is 6.20 Å². The number of carboxylic acid groups (broad SMARTS) is 1. The Bertz CT molecular complexity index is 559. The Kier molecular flexibility index (Phi) is 1.82. The molecule has 1 fully saturated rings. The molecule has 6 nitrogen and oxygen atoms in total. The van der Waals surface area contributed by atoms with Gasteiger partial charge in [0.25, 0.3) is 0 Å². The van der Waals surface area contributed by atoms with E-state index in [-0.39, 0.29) is 5.69 Å². The fourth-order valence-electron chi connectivity index (χ4n) is 1.50. The summed E-state index contributed by atoms with van der Waals surface area (Å²) in [5.41, 5.74) is 0.551. The second-order valence-electron chi connectivity index (χ2n) is 3.87. The van der Waals surface area contributed by atoms with Gasteiger partial charge < -0.3 is 10.4 Å². The number of rotatable bonds is 3. The summed E-state index contributed by atoms with van der Waals surface area (Å²) in [5.74, 6) is -0.286. The molecule has 2 aromatic rings. The summed E-state index contributed by atoms with van der Waals surface area (Å²) in [5, 5.41) is 16.3. The Balaban J connectivity index is 1.99. The predicted octanol–water partition coefficient (Wildman–Crippen LogP) is 1.00. The molecular weight excluding hydrogens is 208 g/mol. The summed E-state index contributed by atoms with van der Waals surface area (Å²) >= 11 is 0. The number of carbonyl (C=O) groups is 1. The summed E-state index contributed by atoms with van der Waals surface area (Å²) in [6, 6.07) is 4.09. The molecule has 0 unspecified atom stereocenters. The van der Waals surface area contributed by atoms with Crippen molar-refractivity contribution >= 4 is 17.4 Å². The Labute approximate surface area is 90.9 Å². The molecular formula is C10H10N4O2. The summed E-state index contributed by atoms with van der Waals surface area (Å²) in [6.45, 7) is 0. The minimum atomic E-state index is -1.04. The third kappa shape index (κ3) is 1.58. The van der Waals surface area contributed by atoms with E-state index in [4.69, 9.17) is 5.11 Å². The van der Waals surface area contributed by atoms with Crippen molar-refractivity contribution in [2.45, 2.75) is 18.9 Å². The molecule has 0 bridgehead atoms. The first-order valence-electron chi connectivity index (χ1n) is 5.08. The normalized spacial score (nSPS) is 15.2. The van der Waals surface area contributed by atoms with Crippen LogP contribution in [0.1, 0.15) is 23.3 Å². The van der Waals surface area contributed by atoms with Crippen molar-refractivity contribution in [2.75, 3.05) is 5.32 Å². The number of fused-ring (bicyclic) bond motifs is 1. The van der Waals surface area contributed by atoms with Crippen molar-refractivity contribution in [3.63, 3.8) is 0 Å². The summed E-state index contributed by atoms with van der Waals surface area (Å²) in [4.78, 5) is 14.6. The van der Waals surface area contributed by atoms with Crippen molar-refractivity contribution in [2.24, 2.45) is 0 Å². The van der Waals surface area contributed by atoms with E-state index in [0.29, 0.717) is 11.7 Å². The summed E-state index contributed by atoms with van der Waals surface area (Å²) < 4.78 is 1.48. The molecule has 2 aromatic heterocycles. The van der Waals surface area contributed by atoms with E-state index < -0.39 is 5.97 Å². The highest BCUT2D eigenvalue weighted by Gasteiger charge is 2.21. The van der Waals surface area contributed by atoms with Crippen LogP contribution in [0.15, 0.2) is 18.3 Å². The van der Waals surface area contributed by atoms with Gasteiger partial charge in [0.2, 0.25) is 0 Å². The number of aromatic nitrogens is 3. The number of hydrogen-bond donors (Lipinski definition) is 2. The van der Waals surface area contributed by atoms with Crippen LogP contribution in [-0.2, 0) is 0 Å². The van der Waals surface area contributed by atoms with E-state index in [1.54, 1.807) is 6.07 Å². The van der Waals surface area contributed by atoms with Gasteiger partial charge in [0.1, 0.15) is 5.82 Å². The van der Waals surface area contributed by atoms with Gasteiger partial charge in [-0.05, 0) is 25.0 Å². The zero-order chi connectivity index (χ0) is 11.1. The minimum Gasteiger partial charge on any atom is -0.476 e. The van der Waals surface area contributed by atoms with Crippen LogP contribution in [0.2, 0.25) is 0 Å². The Hall–Kier alpha value is -2.11. The third-order valence-electron chi connectivity index (χ3n) is 2.47. The smallest absolute Gasteiger partial charge is 0.356 e. The molecule has 3 rings (SSSR count). The van der Waals surface area contributed by atoms with Crippen molar-refractivity contribution < 1.29 is 9.90 Å². The largest absolute Gasteiger partial charge is 0.476 e. The Morgan fingerprint density at radius 1 is 1.50 bits per heavy atom. The van der Waals surface area contributed by atoms with Gasteiger partial charge in [0, 0.05) is 6.04 Å². The molecule has 2 heterocycles. The molecule has 0 aliphatic heterocycles. The minimum absolute atomic E-state index is 0.0103. The highest BCUT2D eigenvalue weighted by molar-refractivity contribution is 5.86. The molecule has 0 aromatic carbocycles. The maximum atomic E-state index is 10.7. The lowest BCUT2D eigenvalue weighted by atomic mass is 10.5. The van der Waals surface area contributed by atoms with Crippen molar-refractivity contribution in [3.8, 4) is 0 Å². The van der Waals surface area contributed by atoms with Gasteiger partial charge in [0.15, 0.2) is 11.3 Å². The molecule has 2 N–H and O–H groups in total. The lowest BCUT2D eigenvalue weighted by molar-refractivity contribution is 0.0691. The van der Waals surface area contributed by atoms with E-state index in [9.17, 15) is 4.79 Å². The van der Waals surface area contributed by atoms with Crippen LogP contribution >= 0.6 is 0 Å². The molecule has 6 heteroatoms. The van der Waals surface area contributed by atoms with E-state index in [2.05, 4.69) is 15.4 Å². The standard InChI is InChI=1S/C10H10N4O2/c15-10(16)7-5-14-9(12-7)4-3-8(13-14)11-6-1-2-6/h3-6H,1-2H2,(H,11,13)(H,15,16). The summed E-state index contributed by atoms with van der Waals surface area (Å²) in [7, 11) is 0. The van der Waals surface area contributed by atoms with Gasteiger partial charge in [-0.15, -0.1) is 5.10 Å². The molecule has 1 aliphatic rings.